The highest BCUT2D eigenvalue weighted by Crippen LogP contribution is 2.35. The summed E-state index contributed by atoms with van der Waals surface area (Å²) in [6, 6.07) is 17.3. The molecule has 0 unspecified atom stereocenters. The monoisotopic (exact) mass is 432 g/mol. The number of methoxy groups -OCH3 is 1. The molecule has 148 valence electrons. The number of pyridine rings is 1. The highest BCUT2D eigenvalue weighted by Gasteiger charge is 2.25. The van der Waals surface area contributed by atoms with Crippen molar-refractivity contribution in [2.45, 2.75) is 6.54 Å². The van der Waals surface area contributed by atoms with Crippen molar-refractivity contribution in [3.63, 3.8) is 0 Å². The van der Waals surface area contributed by atoms with Crippen LogP contribution in [0.5, 0.6) is 5.75 Å². The predicted octanol–water partition coefficient (Wildman–Crippen LogP) is 5.16. The molecule has 0 spiro atoms. The first-order valence-corrected chi connectivity index (χ1v) is 10.9. The van der Waals surface area contributed by atoms with Crippen LogP contribution in [0.2, 0.25) is 0 Å². The van der Waals surface area contributed by atoms with E-state index < -0.39 is 0 Å². The van der Waals surface area contributed by atoms with Crippen LogP contribution in [0.4, 0.5) is 5.13 Å². The SMILES string of the molecule is COc1cccc2sc(N(Cc3cccnc3)C(=O)c3nc4ccccc4s3)nc12. The number of aromatic nitrogens is 3. The minimum absolute atomic E-state index is 0.182. The number of nitrogens with zero attached hydrogens (tertiary/aromatic N) is 4. The zero-order valence-corrected chi connectivity index (χ0v) is 17.6. The van der Waals surface area contributed by atoms with Gasteiger partial charge in [-0.25, -0.2) is 9.97 Å². The van der Waals surface area contributed by atoms with E-state index in [1.807, 2.05) is 54.6 Å². The molecule has 3 heterocycles. The number of carbonyl (C=O) groups excluding carboxylic acids is 1. The van der Waals surface area contributed by atoms with Crippen molar-refractivity contribution in [3.8, 4) is 5.75 Å². The lowest BCUT2D eigenvalue weighted by molar-refractivity contribution is 0.0985. The van der Waals surface area contributed by atoms with Crippen LogP contribution >= 0.6 is 22.7 Å². The Bertz CT molecular complexity index is 1310. The molecule has 0 aliphatic carbocycles. The van der Waals surface area contributed by atoms with Gasteiger partial charge in [0, 0.05) is 12.4 Å². The number of ether oxygens (including phenoxy) is 1. The van der Waals surface area contributed by atoms with E-state index in [0.717, 1.165) is 26.0 Å². The average molecular weight is 433 g/mol. The van der Waals surface area contributed by atoms with Gasteiger partial charge in [0.25, 0.3) is 5.91 Å². The highest BCUT2D eigenvalue weighted by atomic mass is 32.1. The minimum atomic E-state index is -0.182. The van der Waals surface area contributed by atoms with Crippen molar-refractivity contribution in [3.05, 3.63) is 77.6 Å². The Kier molecular flexibility index (Phi) is 4.86. The third-order valence-corrected chi connectivity index (χ3v) is 6.67. The van der Waals surface area contributed by atoms with E-state index in [-0.39, 0.29) is 5.91 Å². The third-order valence-electron chi connectivity index (χ3n) is 4.61. The fourth-order valence-corrected chi connectivity index (χ4v) is 5.07. The largest absolute Gasteiger partial charge is 0.494 e. The molecule has 0 saturated carbocycles. The van der Waals surface area contributed by atoms with Crippen molar-refractivity contribution in [1.82, 2.24) is 15.0 Å². The number of hydrogen-bond acceptors (Lipinski definition) is 7. The second-order valence-electron chi connectivity index (χ2n) is 6.54. The molecule has 30 heavy (non-hydrogen) atoms. The summed E-state index contributed by atoms with van der Waals surface area (Å²) in [5.41, 5.74) is 2.48. The molecule has 3 aromatic heterocycles. The Morgan fingerprint density at radius 1 is 1.00 bits per heavy atom. The minimum Gasteiger partial charge on any atom is -0.494 e. The summed E-state index contributed by atoms with van der Waals surface area (Å²) < 4.78 is 7.38. The van der Waals surface area contributed by atoms with Gasteiger partial charge in [-0.05, 0) is 35.9 Å². The average Bonchev–Trinajstić information content (AvgIpc) is 3.41. The number of thiazole rings is 2. The summed E-state index contributed by atoms with van der Waals surface area (Å²) in [4.78, 5) is 28.7. The smallest absolute Gasteiger partial charge is 0.289 e. The molecule has 5 rings (SSSR count). The van der Waals surface area contributed by atoms with Gasteiger partial charge in [0.2, 0.25) is 0 Å². The topological polar surface area (TPSA) is 68.2 Å². The van der Waals surface area contributed by atoms with E-state index in [1.165, 1.54) is 22.7 Å². The van der Waals surface area contributed by atoms with Crippen molar-refractivity contribution < 1.29 is 9.53 Å². The van der Waals surface area contributed by atoms with Gasteiger partial charge in [-0.3, -0.25) is 14.7 Å². The van der Waals surface area contributed by atoms with Gasteiger partial charge in [0.1, 0.15) is 11.3 Å². The molecular weight excluding hydrogens is 416 g/mol. The van der Waals surface area contributed by atoms with E-state index >= 15 is 0 Å². The second-order valence-corrected chi connectivity index (χ2v) is 8.58. The molecule has 1 amide bonds. The molecule has 0 aliphatic rings. The van der Waals surface area contributed by atoms with Crippen molar-refractivity contribution in [2.75, 3.05) is 12.0 Å². The Labute approximate surface area is 180 Å². The molecule has 0 radical (unpaired) electrons. The van der Waals surface area contributed by atoms with Gasteiger partial charge in [-0.15, -0.1) is 11.3 Å². The number of benzene rings is 2. The van der Waals surface area contributed by atoms with Gasteiger partial charge in [-0.1, -0.05) is 35.6 Å². The molecule has 0 atom stereocenters. The molecule has 5 aromatic rings. The lowest BCUT2D eigenvalue weighted by atomic mass is 10.2. The summed E-state index contributed by atoms with van der Waals surface area (Å²) >= 11 is 2.84. The number of rotatable bonds is 5. The van der Waals surface area contributed by atoms with Gasteiger partial charge < -0.3 is 4.74 Å². The number of para-hydroxylation sites is 2. The van der Waals surface area contributed by atoms with E-state index in [4.69, 9.17) is 9.72 Å². The Morgan fingerprint density at radius 2 is 1.87 bits per heavy atom. The summed E-state index contributed by atoms with van der Waals surface area (Å²) in [6.07, 6.45) is 3.47. The molecule has 0 aliphatic heterocycles. The summed E-state index contributed by atoms with van der Waals surface area (Å²) in [5, 5.41) is 1.04. The van der Waals surface area contributed by atoms with E-state index in [1.54, 1.807) is 24.4 Å². The van der Waals surface area contributed by atoms with Crippen molar-refractivity contribution in [1.29, 1.82) is 0 Å². The first-order valence-electron chi connectivity index (χ1n) is 9.23. The van der Waals surface area contributed by atoms with Crippen LogP contribution < -0.4 is 9.64 Å². The second kappa shape index (κ2) is 7.81. The number of fused-ring (bicyclic) bond motifs is 2. The van der Waals surface area contributed by atoms with Gasteiger partial charge in [0.05, 0.1) is 28.6 Å². The van der Waals surface area contributed by atoms with Crippen LogP contribution in [0.15, 0.2) is 67.0 Å². The molecule has 0 fully saturated rings. The lowest BCUT2D eigenvalue weighted by Crippen LogP contribution is -2.30. The maximum absolute atomic E-state index is 13.5. The number of carbonyl (C=O) groups is 1. The fraction of sp³-hybridized carbons (Fsp3) is 0.0909. The summed E-state index contributed by atoms with van der Waals surface area (Å²) in [7, 11) is 1.62. The van der Waals surface area contributed by atoms with Crippen LogP contribution in [-0.2, 0) is 6.54 Å². The summed E-state index contributed by atoms with van der Waals surface area (Å²) in [6.45, 7) is 0.352. The zero-order chi connectivity index (χ0) is 20.5. The van der Waals surface area contributed by atoms with Gasteiger partial charge >= 0.3 is 0 Å². The van der Waals surface area contributed by atoms with E-state index in [9.17, 15) is 4.79 Å². The standard InChI is InChI=1S/C22H16N4O2S2/c1-28-16-8-4-10-18-19(16)25-22(30-18)26(13-14-6-5-11-23-12-14)21(27)20-24-15-7-2-3-9-17(15)29-20/h2-12H,13H2,1H3. The zero-order valence-electron chi connectivity index (χ0n) is 16.0. The maximum Gasteiger partial charge on any atom is 0.289 e. The van der Waals surface area contributed by atoms with Crippen LogP contribution in [0.1, 0.15) is 15.4 Å². The Balaban J connectivity index is 1.60. The Hall–Kier alpha value is -3.36. The quantitative estimate of drug-likeness (QED) is 0.384. The predicted molar refractivity (Wildman–Crippen MR) is 121 cm³/mol. The van der Waals surface area contributed by atoms with Crippen LogP contribution in [-0.4, -0.2) is 28.0 Å². The molecule has 2 aromatic carbocycles. The molecule has 8 heteroatoms. The molecule has 6 nitrogen and oxygen atoms in total. The van der Waals surface area contributed by atoms with Crippen molar-refractivity contribution in [2.24, 2.45) is 0 Å². The van der Waals surface area contributed by atoms with Crippen molar-refractivity contribution >= 4 is 54.1 Å². The first-order chi connectivity index (χ1) is 14.7. The number of anilines is 1. The Morgan fingerprint density at radius 3 is 2.67 bits per heavy atom. The molecule has 0 bridgehead atoms. The number of hydrogen-bond donors (Lipinski definition) is 0. The maximum atomic E-state index is 13.5. The van der Waals surface area contributed by atoms with Gasteiger partial charge in [0.15, 0.2) is 10.1 Å². The molecular formula is C22H16N4O2S2. The van der Waals surface area contributed by atoms with Crippen LogP contribution in [0, 0.1) is 0 Å². The fourth-order valence-electron chi connectivity index (χ4n) is 3.17. The highest BCUT2D eigenvalue weighted by molar-refractivity contribution is 7.23. The molecule has 0 N–H and O–H groups in total. The lowest BCUT2D eigenvalue weighted by Gasteiger charge is -2.18. The first kappa shape index (κ1) is 18.7. The van der Waals surface area contributed by atoms with Gasteiger partial charge in [-0.2, -0.15) is 0 Å². The number of amides is 1. The summed E-state index contributed by atoms with van der Waals surface area (Å²) in [5.74, 6) is 0.502. The molecule has 0 saturated heterocycles. The normalized spacial score (nSPS) is 11.1. The third kappa shape index (κ3) is 3.40. The van der Waals surface area contributed by atoms with E-state index in [0.29, 0.717) is 22.4 Å². The van der Waals surface area contributed by atoms with Crippen LogP contribution in [0.3, 0.4) is 0 Å². The van der Waals surface area contributed by atoms with E-state index in [2.05, 4.69) is 9.97 Å². The van der Waals surface area contributed by atoms with Crippen LogP contribution in [0.25, 0.3) is 20.4 Å².